The molecule has 2 aromatic heterocycles. The third-order valence-electron chi connectivity index (χ3n) is 4.95. The number of Topliss-reactive ketones (excluding diaryl/α,β-unsaturated/α-hetero) is 1. The van der Waals surface area contributed by atoms with Gasteiger partial charge in [0.25, 0.3) is 0 Å². The van der Waals surface area contributed by atoms with Crippen LogP contribution in [0.2, 0.25) is 0 Å². The number of hydrogen-bond acceptors (Lipinski definition) is 7. The van der Waals surface area contributed by atoms with Crippen molar-refractivity contribution in [3.8, 4) is 0 Å². The standard InChI is InChI=1S/C21H21N3O6S/c25-19(16-4-7-18(8-5-16)31(27,28)24-12-1-2-13-24)15-29-21(26)20-9-6-17(30-20)14-23-11-3-10-22-23/h3-11H,1-2,12-15H2. The molecule has 0 amide bonds. The number of carbonyl (C=O) groups is 2. The van der Waals surface area contributed by atoms with Crippen LogP contribution in [0.4, 0.5) is 0 Å². The molecule has 0 spiro atoms. The van der Waals surface area contributed by atoms with Gasteiger partial charge in [-0.05, 0) is 55.3 Å². The molecule has 1 aliphatic rings. The molecule has 0 radical (unpaired) electrons. The number of esters is 1. The van der Waals surface area contributed by atoms with Crippen molar-refractivity contribution in [3.63, 3.8) is 0 Å². The molecule has 0 saturated carbocycles. The van der Waals surface area contributed by atoms with E-state index < -0.39 is 28.4 Å². The predicted octanol–water partition coefficient (Wildman–Crippen LogP) is 2.35. The molecule has 1 saturated heterocycles. The normalized spacial score (nSPS) is 14.6. The average molecular weight is 443 g/mol. The summed E-state index contributed by atoms with van der Waals surface area (Å²) in [7, 11) is -3.54. The third-order valence-corrected chi connectivity index (χ3v) is 6.87. The molecule has 162 valence electrons. The summed E-state index contributed by atoms with van der Waals surface area (Å²) in [5, 5.41) is 4.06. The van der Waals surface area contributed by atoms with Gasteiger partial charge in [0.1, 0.15) is 5.76 Å². The van der Waals surface area contributed by atoms with E-state index in [1.54, 1.807) is 29.2 Å². The fraction of sp³-hybridized carbons (Fsp3) is 0.286. The van der Waals surface area contributed by atoms with E-state index in [0.717, 1.165) is 12.8 Å². The highest BCUT2D eigenvalue weighted by molar-refractivity contribution is 7.89. The van der Waals surface area contributed by atoms with E-state index in [2.05, 4.69) is 5.10 Å². The van der Waals surface area contributed by atoms with Crippen molar-refractivity contribution in [2.75, 3.05) is 19.7 Å². The van der Waals surface area contributed by atoms with Crippen LogP contribution >= 0.6 is 0 Å². The van der Waals surface area contributed by atoms with E-state index >= 15 is 0 Å². The van der Waals surface area contributed by atoms with Crippen LogP contribution in [0.25, 0.3) is 0 Å². The van der Waals surface area contributed by atoms with Crippen molar-refractivity contribution >= 4 is 21.8 Å². The lowest BCUT2D eigenvalue weighted by atomic mass is 10.1. The molecule has 1 aliphatic heterocycles. The highest BCUT2D eigenvalue weighted by Crippen LogP contribution is 2.21. The molecular weight excluding hydrogens is 422 g/mol. The van der Waals surface area contributed by atoms with Crippen LogP contribution < -0.4 is 0 Å². The Balaban J connectivity index is 1.33. The van der Waals surface area contributed by atoms with Crippen molar-refractivity contribution in [1.29, 1.82) is 0 Å². The molecular formula is C21H21N3O6S. The third kappa shape index (κ3) is 4.75. The molecule has 9 nitrogen and oxygen atoms in total. The molecule has 1 aromatic carbocycles. The number of rotatable bonds is 8. The van der Waals surface area contributed by atoms with Crippen LogP contribution in [-0.2, 0) is 21.3 Å². The van der Waals surface area contributed by atoms with Crippen molar-refractivity contribution in [1.82, 2.24) is 14.1 Å². The van der Waals surface area contributed by atoms with E-state index in [1.807, 2.05) is 0 Å². The first-order chi connectivity index (χ1) is 14.9. The molecule has 31 heavy (non-hydrogen) atoms. The zero-order valence-corrected chi connectivity index (χ0v) is 17.5. The lowest BCUT2D eigenvalue weighted by Crippen LogP contribution is -2.27. The summed E-state index contributed by atoms with van der Waals surface area (Å²) >= 11 is 0. The molecule has 3 heterocycles. The van der Waals surface area contributed by atoms with Gasteiger partial charge in [-0.25, -0.2) is 13.2 Å². The number of carbonyl (C=O) groups excluding carboxylic acids is 2. The summed E-state index contributed by atoms with van der Waals surface area (Å²) in [6.45, 7) is 0.906. The fourth-order valence-electron chi connectivity index (χ4n) is 3.30. The molecule has 3 aromatic rings. The van der Waals surface area contributed by atoms with Crippen LogP contribution in [-0.4, -0.2) is 54.0 Å². The summed E-state index contributed by atoms with van der Waals surface area (Å²) in [5.74, 6) is -0.686. The Morgan fingerprint density at radius 2 is 1.81 bits per heavy atom. The summed E-state index contributed by atoms with van der Waals surface area (Å²) in [6, 6.07) is 10.5. The second-order valence-corrected chi connectivity index (χ2v) is 9.04. The number of benzene rings is 1. The van der Waals surface area contributed by atoms with Crippen LogP contribution in [0.3, 0.4) is 0 Å². The number of nitrogens with zero attached hydrogens (tertiary/aromatic N) is 3. The Morgan fingerprint density at radius 1 is 1.06 bits per heavy atom. The van der Waals surface area contributed by atoms with Gasteiger partial charge in [0.15, 0.2) is 12.4 Å². The van der Waals surface area contributed by atoms with Crippen molar-refractivity contribution in [3.05, 3.63) is 71.9 Å². The van der Waals surface area contributed by atoms with Crippen molar-refractivity contribution in [2.24, 2.45) is 0 Å². The van der Waals surface area contributed by atoms with Crippen LogP contribution in [0.5, 0.6) is 0 Å². The first-order valence-electron chi connectivity index (χ1n) is 9.80. The van der Waals surface area contributed by atoms with Crippen LogP contribution in [0.15, 0.2) is 64.2 Å². The van der Waals surface area contributed by atoms with Gasteiger partial charge in [0.05, 0.1) is 11.4 Å². The molecule has 0 N–H and O–H groups in total. The first-order valence-corrected chi connectivity index (χ1v) is 11.2. The van der Waals surface area contributed by atoms with Gasteiger partial charge in [-0.15, -0.1) is 0 Å². The summed E-state index contributed by atoms with van der Waals surface area (Å²) < 4.78 is 38.7. The number of hydrogen-bond donors (Lipinski definition) is 0. The maximum atomic E-state index is 12.5. The fourth-order valence-corrected chi connectivity index (χ4v) is 4.82. The molecule has 0 unspecified atom stereocenters. The zero-order chi connectivity index (χ0) is 21.8. The van der Waals surface area contributed by atoms with E-state index in [4.69, 9.17) is 9.15 Å². The minimum atomic E-state index is -3.54. The van der Waals surface area contributed by atoms with Crippen molar-refractivity contribution in [2.45, 2.75) is 24.3 Å². The zero-order valence-electron chi connectivity index (χ0n) is 16.6. The van der Waals surface area contributed by atoms with Gasteiger partial charge in [0, 0.05) is 31.0 Å². The summed E-state index contributed by atoms with van der Waals surface area (Å²) in [5.41, 5.74) is 0.256. The Kier molecular flexibility index (Phi) is 6.01. The smallest absolute Gasteiger partial charge is 0.374 e. The second-order valence-electron chi connectivity index (χ2n) is 7.10. The molecule has 10 heteroatoms. The molecule has 0 bridgehead atoms. The Morgan fingerprint density at radius 3 is 2.48 bits per heavy atom. The van der Waals surface area contributed by atoms with Gasteiger partial charge in [0.2, 0.25) is 15.8 Å². The predicted molar refractivity (Wildman–Crippen MR) is 109 cm³/mol. The van der Waals surface area contributed by atoms with Gasteiger partial charge in [-0.2, -0.15) is 9.40 Å². The Bertz CT molecular complexity index is 1160. The number of ketones is 1. The van der Waals surface area contributed by atoms with Gasteiger partial charge >= 0.3 is 5.97 Å². The van der Waals surface area contributed by atoms with Gasteiger partial charge in [-0.3, -0.25) is 9.48 Å². The Labute approximate surface area is 179 Å². The topological polar surface area (TPSA) is 112 Å². The Hall–Kier alpha value is -3.24. The highest BCUT2D eigenvalue weighted by atomic mass is 32.2. The minimum absolute atomic E-state index is 0.0120. The molecule has 1 fully saturated rings. The van der Waals surface area contributed by atoms with E-state index in [0.29, 0.717) is 25.4 Å². The van der Waals surface area contributed by atoms with Crippen LogP contribution in [0.1, 0.15) is 39.5 Å². The first kappa shape index (κ1) is 21.0. The lowest BCUT2D eigenvalue weighted by molar-refractivity contribution is 0.0442. The summed E-state index contributed by atoms with van der Waals surface area (Å²) in [4.78, 5) is 24.6. The van der Waals surface area contributed by atoms with E-state index in [9.17, 15) is 18.0 Å². The molecule has 4 rings (SSSR count). The van der Waals surface area contributed by atoms with Crippen LogP contribution in [0, 0.1) is 0 Å². The quantitative estimate of drug-likeness (QED) is 0.388. The number of furan rings is 1. The largest absolute Gasteiger partial charge is 0.452 e. The molecule has 0 atom stereocenters. The van der Waals surface area contributed by atoms with Gasteiger partial charge in [-0.1, -0.05) is 0 Å². The minimum Gasteiger partial charge on any atom is -0.452 e. The number of ether oxygens (including phenoxy) is 1. The van der Waals surface area contributed by atoms with E-state index in [-0.39, 0.29) is 16.2 Å². The maximum absolute atomic E-state index is 12.5. The highest BCUT2D eigenvalue weighted by Gasteiger charge is 2.27. The SMILES string of the molecule is O=C(COC(=O)c1ccc(Cn2cccn2)o1)c1ccc(S(=O)(=O)N2CCCC2)cc1. The van der Waals surface area contributed by atoms with Gasteiger partial charge < -0.3 is 9.15 Å². The monoisotopic (exact) mass is 443 g/mol. The van der Waals surface area contributed by atoms with E-state index in [1.165, 1.54) is 34.6 Å². The lowest BCUT2D eigenvalue weighted by Gasteiger charge is -2.15. The molecule has 0 aliphatic carbocycles. The number of aromatic nitrogens is 2. The average Bonchev–Trinajstić information content (AvgIpc) is 3.55. The maximum Gasteiger partial charge on any atom is 0.374 e. The van der Waals surface area contributed by atoms with Crippen molar-refractivity contribution < 1.29 is 27.2 Å². The second kappa shape index (κ2) is 8.86. The summed E-state index contributed by atoms with van der Waals surface area (Å²) in [6.07, 6.45) is 5.10. The number of sulfonamides is 1.